The number of hydrogen-bond donors (Lipinski definition) is 0. The van der Waals surface area contributed by atoms with Gasteiger partial charge in [-0.3, -0.25) is 0 Å². The van der Waals surface area contributed by atoms with E-state index in [0.717, 1.165) is 18.5 Å². The van der Waals surface area contributed by atoms with Gasteiger partial charge in [0.1, 0.15) is 10.2 Å². The van der Waals surface area contributed by atoms with Gasteiger partial charge in [-0.25, -0.2) is 14.6 Å². The molecule has 1 aliphatic heterocycles. The number of carbonyl (C=O) groups is 2. The van der Waals surface area contributed by atoms with Gasteiger partial charge in [0.2, 0.25) is 0 Å². The van der Waals surface area contributed by atoms with Crippen molar-refractivity contribution in [2.45, 2.75) is 45.1 Å². The van der Waals surface area contributed by atoms with Crippen molar-refractivity contribution >= 4 is 28.0 Å². The Hall–Kier alpha value is -1.63. The number of carbonyl (C=O) groups excluding carboxylic acids is 2. The van der Waals surface area contributed by atoms with Gasteiger partial charge in [-0.2, -0.15) is 0 Å². The molecule has 1 aromatic heterocycles. The first-order valence-electron chi connectivity index (χ1n) is 7.93. The number of likely N-dealkylation sites (tertiary alicyclic amines) is 1. The summed E-state index contributed by atoms with van der Waals surface area (Å²) in [5.41, 5.74) is 0.826. The molecule has 1 aromatic rings. The fourth-order valence-electron chi connectivity index (χ4n) is 2.65. The Labute approximate surface area is 150 Å². The number of pyridine rings is 1. The molecule has 2 heterocycles. The molecule has 0 aliphatic carbocycles. The molecule has 0 unspecified atom stereocenters. The Morgan fingerprint density at radius 3 is 2.42 bits per heavy atom. The van der Waals surface area contributed by atoms with Crippen molar-refractivity contribution in [2.24, 2.45) is 0 Å². The fourth-order valence-corrected chi connectivity index (χ4v) is 3.10. The van der Waals surface area contributed by atoms with E-state index in [2.05, 4.69) is 20.9 Å². The van der Waals surface area contributed by atoms with Gasteiger partial charge in [-0.15, -0.1) is 0 Å². The number of ether oxygens (including phenoxy) is 2. The third-order valence-electron chi connectivity index (χ3n) is 3.80. The standard InChI is InChI=1S/C17H23BrN2O4/c1-17(2,3)24-16(22)20-7-5-11(6-8-20)13-9-12(15(21)23-4)10-14(18)19-13/h9-11H,5-8H2,1-4H3. The van der Waals surface area contributed by atoms with Gasteiger partial charge >= 0.3 is 12.1 Å². The maximum atomic E-state index is 12.1. The van der Waals surface area contributed by atoms with Gasteiger partial charge in [0.25, 0.3) is 0 Å². The average Bonchev–Trinajstić information content (AvgIpc) is 2.52. The molecule has 0 bridgehead atoms. The zero-order chi connectivity index (χ0) is 17.9. The van der Waals surface area contributed by atoms with Crippen LogP contribution in [0.15, 0.2) is 16.7 Å². The smallest absolute Gasteiger partial charge is 0.410 e. The minimum atomic E-state index is -0.491. The van der Waals surface area contributed by atoms with Crippen molar-refractivity contribution in [3.63, 3.8) is 0 Å². The number of amides is 1. The number of piperidine rings is 1. The Balaban J connectivity index is 2.03. The summed E-state index contributed by atoms with van der Waals surface area (Å²) >= 11 is 3.34. The molecule has 7 heteroatoms. The molecule has 2 rings (SSSR count). The van der Waals surface area contributed by atoms with E-state index in [0.29, 0.717) is 23.3 Å². The van der Waals surface area contributed by atoms with Crippen molar-refractivity contribution in [3.8, 4) is 0 Å². The summed E-state index contributed by atoms with van der Waals surface area (Å²) in [6, 6.07) is 3.41. The lowest BCUT2D eigenvalue weighted by Crippen LogP contribution is -2.41. The zero-order valence-corrected chi connectivity index (χ0v) is 16.1. The monoisotopic (exact) mass is 398 g/mol. The highest BCUT2D eigenvalue weighted by Gasteiger charge is 2.28. The summed E-state index contributed by atoms with van der Waals surface area (Å²) in [5.74, 6) is -0.185. The van der Waals surface area contributed by atoms with Crippen LogP contribution in [0.25, 0.3) is 0 Å². The van der Waals surface area contributed by atoms with Crippen LogP contribution in [0.1, 0.15) is 55.6 Å². The Morgan fingerprint density at radius 1 is 1.25 bits per heavy atom. The highest BCUT2D eigenvalue weighted by atomic mass is 79.9. The predicted octanol–water partition coefficient (Wildman–Crippen LogP) is 3.75. The van der Waals surface area contributed by atoms with E-state index >= 15 is 0 Å². The first-order valence-corrected chi connectivity index (χ1v) is 8.72. The number of methoxy groups -OCH3 is 1. The van der Waals surface area contributed by atoms with Crippen LogP contribution < -0.4 is 0 Å². The van der Waals surface area contributed by atoms with Crippen LogP contribution in [0.4, 0.5) is 4.79 Å². The number of rotatable bonds is 2. The molecule has 0 saturated carbocycles. The number of nitrogens with zero attached hydrogens (tertiary/aromatic N) is 2. The highest BCUT2D eigenvalue weighted by molar-refractivity contribution is 9.10. The van der Waals surface area contributed by atoms with E-state index in [1.807, 2.05) is 20.8 Å². The van der Waals surface area contributed by atoms with Crippen LogP contribution in [-0.4, -0.2) is 47.7 Å². The van der Waals surface area contributed by atoms with Gasteiger partial charge < -0.3 is 14.4 Å². The summed E-state index contributed by atoms with van der Waals surface area (Å²) < 4.78 is 10.8. The van der Waals surface area contributed by atoms with Crippen LogP contribution in [0.2, 0.25) is 0 Å². The van der Waals surface area contributed by atoms with Gasteiger partial charge in [0.15, 0.2) is 0 Å². The van der Waals surface area contributed by atoms with Crippen LogP contribution >= 0.6 is 15.9 Å². The third-order valence-corrected chi connectivity index (χ3v) is 4.21. The lowest BCUT2D eigenvalue weighted by molar-refractivity contribution is 0.0204. The minimum Gasteiger partial charge on any atom is -0.465 e. The SMILES string of the molecule is COC(=O)c1cc(Br)nc(C2CCN(C(=O)OC(C)(C)C)CC2)c1. The second kappa shape index (κ2) is 7.51. The normalized spacial score (nSPS) is 16.0. The van der Waals surface area contributed by atoms with Crippen molar-refractivity contribution in [1.29, 1.82) is 0 Å². The Kier molecular flexibility index (Phi) is 5.85. The molecule has 1 saturated heterocycles. The molecule has 0 spiro atoms. The first-order chi connectivity index (χ1) is 11.2. The third kappa shape index (κ3) is 4.93. The van der Waals surface area contributed by atoms with E-state index in [-0.39, 0.29) is 18.0 Å². The van der Waals surface area contributed by atoms with E-state index in [1.54, 1.807) is 17.0 Å². The van der Waals surface area contributed by atoms with Crippen molar-refractivity contribution in [2.75, 3.05) is 20.2 Å². The van der Waals surface area contributed by atoms with Crippen LogP contribution in [0.3, 0.4) is 0 Å². The lowest BCUT2D eigenvalue weighted by Gasteiger charge is -2.33. The van der Waals surface area contributed by atoms with Crippen molar-refractivity contribution < 1.29 is 19.1 Å². The molecular formula is C17H23BrN2O4. The van der Waals surface area contributed by atoms with E-state index in [9.17, 15) is 9.59 Å². The zero-order valence-electron chi connectivity index (χ0n) is 14.5. The summed E-state index contributed by atoms with van der Waals surface area (Å²) in [6.45, 7) is 6.80. The second-order valence-electron chi connectivity index (χ2n) is 6.84. The lowest BCUT2D eigenvalue weighted by atomic mass is 9.92. The predicted molar refractivity (Wildman–Crippen MR) is 93.1 cm³/mol. The second-order valence-corrected chi connectivity index (χ2v) is 7.65. The van der Waals surface area contributed by atoms with E-state index < -0.39 is 5.60 Å². The summed E-state index contributed by atoms with van der Waals surface area (Å²) in [5, 5.41) is 0. The quantitative estimate of drug-likeness (QED) is 0.560. The molecule has 0 atom stereocenters. The molecule has 1 amide bonds. The van der Waals surface area contributed by atoms with Gasteiger partial charge in [-0.05, 0) is 61.7 Å². The Bertz CT molecular complexity index is 620. The van der Waals surface area contributed by atoms with Crippen molar-refractivity contribution in [3.05, 3.63) is 28.0 Å². The molecule has 24 heavy (non-hydrogen) atoms. The molecule has 0 N–H and O–H groups in total. The van der Waals surface area contributed by atoms with E-state index in [1.165, 1.54) is 7.11 Å². The van der Waals surface area contributed by atoms with Crippen LogP contribution in [-0.2, 0) is 9.47 Å². The largest absolute Gasteiger partial charge is 0.465 e. The maximum Gasteiger partial charge on any atom is 0.410 e. The van der Waals surface area contributed by atoms with E-state index in [4.69, 9.17) is 9.47 Å². The Morgan fingerprint density at radius 2 is 1.88 bits per heavy atom. The number of hydrogen-bond acceptors (Lipinski definition) is 5. The summed E-state index contributed by atoms with van der Waals surface area (Å²) in [4.78, 5) is 30.0. The highest BCUT2D eigenvalue weighted by Crippen LogP contribution is 2.29. The molecule has 1 fully saturated rings. The number of halogens is 1. The summed E-state index contributed by atoms with van der Waals surface area (Å²) in [7, 11) is 1.36. The number of esters is 1. The topological polar surface area (TPSA) is 68.7 Å². The summed E-state index contributed by atoms with van der Waals surface area (Å²) in [6.07, 6.45) is 1.28. The first kappa shape index (κ1) is 18.7. The van der Waals surface area contributed by atoms with Gasteiger partial charge in [0, 0.05) is 24.7 Å². The minimum absolute atomic E-state index is 0.199. The molecular weight excluding hydrogens is 376 g/mol. The molecule has 132 valence electrons. The molecule has 0 aromatic carbocycles. The maximum absolute atomic E-state index is 12.1. The fraction of sp³-hybridized carbons (Fsp3) is 0.588. The van der Waals surface area contributed by atoms with Crippen molar-refractivity contribution in [1.82, 2.24) is 9.88 Å². The van der Waals surface area contributed by atoms with Gasteiger partial charge in [-0.1, -0.05) is 0 Å². The molecule has 6 nitrogen and oxygen atoms in total. The van der Waals surface area contributed by atoms with Gasteiger partial charge in [0.05, 0.1) is 12.7 Å². The average molecular weight is 399 g/mol. The van der Waals surface area contributed by atoms with Crippen LogP contribution in [0, 0.1) is 0 Å². The molecule has 1 aliphatic rings. The number of aromatic nitrogens is 1. The molecule has 0 radical (unpaired) electrons. The van der Waals surface area contributed by atoms with Crippen LogP contribution in [0.5, 0.6) is 0 Å².